The van der Waals surface area contributed by atoms with E-state index in [1.165, 1.54) is 18.9 Å². The number of benzene rings is 2. The first-order chi connectivity index (χ1) is 13.0. The summed E-state index contributed by atoms with van der Waals surface area (Å²) in [6.45, 7) is 2.04. The van der Waals surface area contributed by atoms with Gasteiger partial charge in [0.05, 0.1) is 16.3 Å². The number of hydrogen-bond donors (Lipinski definition) is 0. The molecule has 0 spiro atoms. The number of rotatable bonds is 3. The van der Waals surface area contributed by atoms with Gasteiger partial charge in [-0.2, -0.15) is 0 Å². The van der Waals surface area contributed by atoms with Gasteiger partial charge in [-0.1, -0.05) is 40.9 Å². The van der Waals surface area contributed by atoms with Crippen molar-refractivity contribution in [1.29, 1.82) is 0 Å². The Morgan fingerprint density at radius 1 is 0.778 bits per heavy atom. The smallest absolute Gasteiger partial charge is 0.277 e. The number of nitrogens with zero attached hydrogens (tertiary/aromatic N) is 2. The Morgan fingerprint density at radius 3 is 2.04 bits per heavy atom. The molecule has 27 heavy (non-hydrogen) atoms. The van der Waals surface area contributed by atoms with E-state index in [0.717, 1.165) is 23.7 Å². The minimum atomic E-state index is -0.559. The summed E-state index contributed by atoms with van der Waals surface area (Å²) in [6.07, 6.45) is 2.35. The maximum absolute atomic E-state index is 13.0. The number of amides is 2. The quantitative estimate of drug-likeness (QED) is 0.646. The van der Waals surface area contributed by atoms with E-state index in [0.29, 0.717) is 16.3 Å². The van der Waals surface area contributed by atoms with Crippen LogP contribution in [0, 0.1) is 0 Å². The Kier molecular flexibility index (Phi) is 4.89. The summed E-state index contributed by atoms with van der Waals surface area (Å²) in [5.41, 5.74) is 2.04. The van der Waals surface area contributed by atoms with E-state index in [-0.39, 0.29) is 15.6 Å². The van der Waals surface area contributed by atoms with Crippen molar-refractivity contribution < 1.29 is 9.59 Å². The number of carbonyl (C=O) groups is 2. The summed E-state index contributed by atoms with van der Waals surface area (Å²) in [4.78, 5) is 29.0. The first kappa shape index (κ1) is 18.4. The van der Waals surface area contributed by atoms with Crippen molar-refractivity contribution in [2.75, 3.05) is 22.9 Å². The summed E-state index contributed by atoms with van der Waals surface area (Å²) in [7, 11) is 0. The summed E-state index contributed by atoms with van der Waals surface area (Å²) in [6, 6.07) is 12.1. The second kappa shape index (κ2) is 7.19. The summed E-state index contributed by atoms with van der Waals surface area (Å²) < 4.78 is 0. The second-order valence-corrected chi connectivity index (χ2v) is 7.69. The Morgan fingerprint density at radius 2 is 1.41 bits per heavy atom. The van der Waals surface area contributed by atoms with E-state index in [1.807, 2.05) is 12.1 Å². The lowest BCUT2D eigenvalue weighted by atomic mass is 10.1. The average molecular weight is 422 g/mol. The highest BCUT2D eigenvalue weighted by Gasteiger charge is 2.40. The van der Waals surface area contributed by atoms with Crippen LogP contribution in [0.25, 0.3) is 5.57 Å². The fraction of sp³-hybridized carbons (Fsp3) is 0.200. The lowest BCUT2D eigenvalue weighted by Crippen LogP contribution is -2.31. The van der Waals surface area contributed by atoms with Gasteiger partial charge in [-0.25, -0.2) is 4.90 Å². The molecule has 4 nitrogen and oxygen atoms in total. The van der Waals surface area contributed by atoms with E-state index in [9.17, 15) is 9.59 Å². The zero-order valence-corrected chi connectivity index (χ0v) is 16.5. The van der Waals surface area contributed by atoms with Crippen LogP contribution in [0.1, 0.15) is 18.4 Å². The fourth-order valence-corrected chi connectivity index (χ4v) is 4.22. The highest BCUT2D eigenvalue weighted by Crippen LogP contribution is 2.38. The molecule has 0 atom stereocenters. The summed E-state index contributed by atoms with van der Waals surface area (Å²) in [5.74, 6) is -1.06. The van der Waals surface area contributed by atoms with E-state index in [2.05, 4.69) is 4.90 Å². The minimum Gasteiger partial charge on any atom is -0.372 e. The number of anilines is 2. The standard InChI is InChI=1S/C20H15Cl3N2O2/c21-12-3-8-15(16(22)11-12)17-18(23)20(27)25(19(17)26)14-6-4-13(5-7-14)24-9-1-2-10-24/h3-8,11H,1-2,9-10H2. The van der Waals surface area contributed by atoms with Gasteiger partial charge in [-0.15, -0.1) is 0 Å². The predicted molar refractivity (Wildman–Crippen MR) is 110 cm³/mol. The van der Waals surface area contributed by atoms with Crippen LogP contribution in [0.2, 0.25) is 10.0 Å². The maximum atomic E-state index is 13.0. The third-order valence-corrected chi connectivity index (χ3v) is 5.71. The van der Waals surface area contributed by atoms with Crippen LogP contribution in [-0.4, -0.2) is 24.9 Å². The fourth-order valence-electron chi connectivity index (χ4n) is 3.45. The van der Waals surface area contributed by atoms with Crippen molar-refractivity contribution in [1.82, 2.24) is 0 Å². The molecule has 0 unspecified atom stereocenters. The highest BCUT2D eigenvalue weighted by molar-refractivity contribution is 6.60. The lowest BCUT2D eigenvalue weighted by molar-refractivity contribution is -0.119. The van der Waals surface area contributed by atoms with Gasteiger partial charge in [0.1, 0.15) is 5.03 Å². The monoisotopic (exact) mass is 420 g/mol. The second-order valence-electron chi connectivity index (χ2n) is 6.47. The number of carbonyl (C=O) groups excluding carboxylic acids is 2. The molecule has 0 N–H and O–H groups in total. The molecule has 2 aromatic carbocycles. The van der Waals surface area contributed by atoms with Gasteiger partial charge in [0.15, 0.2) is 0 Å². The zero-order chi connectivity index (χ0) is 19.1. The molecule has 2 amide bonds. The van der Waals surface area contributed by atoms with Crippen LogP contribution in [0.5, 0.6) is 0 Å². The molecule has 138 valence electrons. The van der Waals surface area contributed by atoms with Gasteiger partial charge in [0, 0.05) is 29.4 Å². The molecular formula is C20H15Cl3N2O2. The van der Waals surface area contributed by atoms with Gasteiger partial charge in [-0.3, -0.25) is 9.59 Å². The summed E-state index contributed by atoms with van der Waals surface area (Å²) in [5, 5.41) is 0.558. The molecule has 2 aliphatic rings. The van der Waals surface area contributed by atoms with Crippen molar-refractivity contribution in [2.45, 2.75) is 12.8 Å². The Hall–Kier alpha value is -2.01. The molecule has 0 aromatic heterocycles. The molecule has 0 saturated carbocycles. The molecule has 2 aliphatic heterocycles. The molecule has 2 aromatic rings. The average Bonchev–Trinajstić information content (AvgIpc) is 3.25. The molecule has 1 fully saturated rings. The van der Waals surface area contributed by atoms with Crippen molar-refractivity contribution in [3.63, 3.8) is 0 Å². The Bertz CT molecular complexity index is 964. The molecule has 2 heterocycles. The van der Waals surface area contributed by atoms with Crippen LogP contribution in [0.3, 0.4) is 0 Å². The molecule has 0 bridgehead atoms. The van der Waals surface area contributed by atoms with Crippen LogP contribution in [0.4, 0.5) is 11.4 Å². The number of imide groups is 1. The van der Waals surface area contributed by atoms with E-state index in [1.54, 1.807) is 24.3 Å². The van der Waals surface area contributed by atoms with Crippen molar-refractivity contribution in [3.05, 3.63) is 63.1 Å². The van der Waals surface area contributed by atoms with Crippen LogP contribution in [-0.2, 0) is 9.59 Å². The number of hydrogen-bond acceptors (Lipinski definition) is 3. The SMILES string of the molecule is O=C1C(Cl)=C(c2ccc(Cl)cc2Cl)C(=O)N1c1ccc(N2CCCC2)cc1. The van der Waals surface area contributed by atoms with E-state index >= 15 is 0 Å². The Balaban J connectivity index is 1.66. The number of halogens is 3. The molecule has 7 heteroatoms. The normalized spacial score (nSPS) is 17.4. The van der Waals surface area contributed by atoms with Crippen molar-refractivity contribution >= 4 is 63.6 Å². The van der Waals surface area contributed by atoms with Crippen LogP contribution in [0.15, 0.2) is 47.5 Å². The van der Waals surface area contributed by atoms with Gasteiger partial charge < -0.3 is 4.90 Å². The van der Waals surface area contributed by atoms with E-state index in [4.69, 9.17) is 34.8 Å². The zero-order valence-electron chi connectivity index (χ0n) is 14.2. The van der Waals surface area contributed by atoms with Crippen molar-refractivity contribution in [2.24, 2.45) is 0 Å². The van der Waals surface area contributed by atoms with Gasteiger partial charge in [-0.05, 0) is 49.2 Å². The first-order valence-corrected chi connectivity index (χ1v) is 9.70. The van der Waals surface area contributed by atoms with Crippen molar-refractivity contribution in [3.8, 4) is 0 Å². The van der Waals surface area contributed by atoms with E-state index < -0.39 is 11.8 Å². The molecule has 0 aliphatic carbocycles. The minimum absolute atomic E-state index is 0.0898. The van der Waals surface area contributed by atoms with Gasteiger partial charge in [0.25, 0.3) is 11.8 Å². The maximum Gasteiger partial charge on any atom is 0.277 e. The molecule has 0 radical (unpaired) electrons. The molecular weight excluding hydrogens is 407 g/mol. The predicted octanol–water partition coefficient (Wildman–Crippen LogP) is 5.12. The molecule has 4 rings (SSSR count). The third-order valence-electron chi connectivity index (χ3n) is 4.81. The first-order valence-electron chi connectivity index (χ1n) is 8.56. The van der Waals surface area contributed by atoms with Crippen LogP contribution < -0.4 is 9.80 Å². The van der Waals surface area contributed by atoms with Gasteiger partial charge in [0.2, 0.25) is 0 Å². The summed E-state index contributed by atoms with van der Waals surface area (Å²) >= 11 is 18.3. The molecule has 1 saturated heterocycles. The topological polar surface area (TPSA) is 40.6 Å². The largest absolute Gasteiger partial charge is 0.372 e. The third kappa shape index (κ3) is 3.22. The van der Waals surface area contributed by atoms with Gasteiger partial charge >= 0.3 is 0 Å². The Labute approximate surface area is 171 Å². The highest BCUT2D eigenvalue weighted by atomic mass is 35.5. The lowest BCUT2D eigenvalue weighted by Gasteiger charge is -2.20. The van der Waals surface area contributed by atoms with Crippen LogP contribution >= 0.6 is 34.8 Å².